The molecule has 0 aromatic heterocycles. The van der Waals surface area contributed by atoms with Gasteiger partial charge in [0.1, 0.15) is 11.3 Å². The number of rotatable bonds is 3. The second-order valence-corrected chi connectivity index (χ2v) is 5.92. The summed E-state index contributed by atoms with van der Waals surface area (Å²) in [6.07, 6.45) is 0. The van der Waals surface area contributed by atoms with Gasteiger partial charge in [0, 0.05) is 13.1 Å². The van der Waals surface area contributed by atoms with Crippen molar-refractivity contribution in [1.82, 2.24) is 10.2 Å². The number of piperazine rings is 1. The Morgan fingerprint density at radius 3 is 2.76 bits per heavy atom. The van der Waals surface area contributed by atoms with E-state index in [2.05, 4.69) is 5.32 Å². The van der Waals surface area contributed by atoms with Crippen LogP contribution in [0.4, 0.5) is 0 Å². The Labute approximate surface area is 125 Å². The molecule has 1 N–H and O–H groups in total. The van der Waals surface area contributed by atoms with Crippen LogP contribution >= 0.6 is 0 Å². The van der Waals surface area contributed by atoms with Gasteiger partial charge in [-0.1, -0.05) is 17.7 Å². The Hall–Kier alpha value is -2.04. The average Bonchev–Trinajstić information content (AvgIpc) is 2.40. The van der Waals surface area contributed by atoms with Crippen molar-refractivity contribution in [2.45, 2.75) is 33.2 Å². The molecular formula is C16H22N2O3. The molecule has 5 heteroatoms. The number of carbonyl (C=O) groups excluding carboxylic acids is 2. The molecule has 0 saturated carbocycles. The van der Waals surface area contributed by atoms with Gasteiger partial charge in [-0.25, -0.2) is 0 Å². The fraction of sp³-hybridized carbons (Fsp3) is 0.500. The highest BCUT2D eigenvalue weighted by atomic mass is 16.5. The minimum Gasteiger partial charge on any atom is -0.483 e. The number of carbonyl (C=O) groups is 2. The molecule has 2 amide bonds. The van der Waals surface area contributed by atoms with Crippen molar-refractivity contribution in [2.75, 3.05) is 19.7 Å². The van der Waals surface area contributed by atoms with Crippen LogP contribution in [-0.4, -0.2) is 41.9 Å². The van der Waals surface area contributed by atoms with Crippen molar-refractivity contribution < 1.29 is 14.3 Å². The molecule has 21 heavy (non-hydrogen) atoms. The van der Waals surface area contributed by atoms with Gasteiger partial charge in [-0.15, -0.1) is 0 Å². The maximum absolute atomic E-state index is 12.3. The summed E-state index contributed by atoms with van der Waals surface area (Å²) >= 11 is 0. The van der Waals surface area contributed by atoms with Crippen molar-refractivity contribution >= 4 is 11.8 Å². The van der Waals surface area contributed by atoms with E-state index in [1.54, 1.807) is 18.7 Å². The topological polar surface area (TPSA) is 58.6 Å². The van der Waals surface area contributed by atoms with Gasteiger partial charge in [-0.3, -0.25) is 9.59 Å². The molecule has 1 fully saturated rings. The highest BCUT2D eigenvalue weighted by molar-refractivity contribution is 5.92. The van der Waals surface area contributed by atoms with Crippen LogP contribution in [0.25, 0.3) is 0 Å². The van der Waals surface area contributed by atoms with Crippen LogP contribution in [-0.2, 0) is 9.59 Å². The van der Waals surface area contributed by atoms with Crippen molar-refractivity contribution in [2.24, 2.45) is 0 Å². The van der Waals surface area contributed by atoms with Crippen molar-refractivity contribution in [1.29, 1.82) is 0 Å². The molecule has 5 nitrogen and oxygen atoms in total. The minimum atomic E-state index is -0.832. The van der Waals surface area contributed by atoms with E-state index in [-0.39, 0.29) is 18.4 Å². The van der Waals surface area contributed by atoms with E-state index in [4.69, 9.17) is 4.74 Å². The Balaban J connectivity index is 2.03. The zero-order chi connectivity index (χ0) is 15.6. The molecule has 2 rings (SSSR count). The van der Waals surface area contributed by atoms with Gasteiger partial charge in [0.05, 0.1) is 0 Å². The molecule has 0 radical (unpaired) electrons. The summed E-state index contributed by atoms with van der Waals surface area (Å²) in [5, 5.41) is 2.77. The summed E-state index contributed by atoms with van der Waals surface area (Å²) in [6, 6.07) is 5.83. The number of nitrogens with one attached hydrogen (secondary N) is 1. The van der Waals surface area contributed by atoms with Crippen molar-refractivity contribution in [3.05, 3.63) is 29.3 Å². The monoisotopic (exact) mass is 290 g/mol. The van der Waals surface area contributed by atoms with Crippen LogP contribution < -0.4 is 10.1 Å². The normalized spacial score (nSPS) is 17.3. The molecule has 0 aliphatic carbocycles. The summed E-state index contributed by atoms with van der Waals surface area (Å²) in [5.74, 6) is 0.400. The van der Waals surface area contributed by atoms with E-state index >= 15 is 0 Å². The first kappa shape index (κ1) is 15.4. The van der Waals surface area contributed by atoms with Crippen molar-refractivity contribution in [3.8, 4) is 5.75 Å². The largest absolute Gasteiger partial charge is 0.483 e. The Kier molecular flexibility index (Phi) is 4.21. The molecule has 1 aliphatic heterocycles. The number of amides is 2. The van der Waals surface area contributed by atoms with Crippen LogP contribution in [0.2, 0.25) is 0 Å². The van der Waals surface area contributed by atoms with Crippen LogP contribution in [0.1, 0.15) is 25.0 Å². The number of aryl methyl sites for hydroxylation is 2. The zero-order valence-electron chi connectivity index (χ0n) is 13.0. The van der Waals surface area contributed by atoms with E-state index in [9.17, 15) is 9.59 Å². The summed E-state index contributed by atoms with van der Waals surface area (Å²) < 4.78 is 5.61. The lowest BCUT2D eigenvalue weighted by molar-refractivity contribution is -0.150. The van der Waals surface area contributed by atoms with Gasteiger partial charge >= 0.3 is 0 Å². The quantitative estimate of drug-likeness (QED) is 0.916. The Bertz CT molecular complexity index is 567. The van der Waals surface area contributed by atoms with Crippen molar-refractivity contribution in [3.63, 3.8) is 0 Å². The fourth-order valence-electron chi connectivity index (χ4n) is 2.51. The highest BCUT2D eigenvalue weighted by Crippen LogP contribution is 2.21. The average molecular weight is 290 g/mol. The summed E-state index contributed by atoms with van der Waals surface area (Å²) in [6.45, 7) is 8.39. The SMILES string of the molecule is Cc1ccc(OCC(=O)N2CCNC(=O)C2(C)C)c(C)c1. The second kappa shape index (κ2) is 5.76. The Morgan fingerprint density at radius 1 is 1.38 bits per heavy atom. The van der Waals surface area contributed by atoms with Gasteiger partial charge in [-0.2, -0.15) is 0 Å². The van der Waals surface area contributed by atoms with Gasteiger partial charge in [0.15, 0.2) is 6.61 Å². The minimum absolute atomic E-state index is 0.0549. The number of nitrogens with zero attached hydrogens (tertiary/aromatic N) is 1. The molecule has 114 valence electrons. The molecule has 1 aliphatic rings. The maximum atomic E-state index is 12.3. The first-order chi connectivity index (χ1) is 9.82. The second-order valence-electron chi connectivity index (χ2n) is 5.92. The number of benzene rings is 1. The third kappa shape index (κ3) is 3.17. The predicted octanol–water partition coefficient (Wildman–Crippen LogP) is 1.42. The third-order valence-corrected chi connectivity index (χ3v) is 3.83. The van der Waals surface area contributed by atoms with E-state index in [0.717, 1.165) is 11.1 Å². The number of hydrogen-bond acceptors (Lipinski definition) is 3. The lowest BCUT2D eigenvalue weighted by Crippen LogP contribution is -2.64. The molecule has 0 unspecified atom stereocenters. The highest BCUT2D eigenvalue weighted by Gasteiger charge is 2.40. The van der Waals surface area contributed by atoms with Gasteiger partial charge in [0.25, 0.3) is 5.91 Å². The molecule has 0 spiro atoms. The van der Waals surface area contributed by atoms with Gasteiger partial charge in [-0.05, 0) is 39.3 Å². The van der Waals surface area contributed by atoms with Gasteiger partial charge in [0.2, 0.25) is 5.91 Å². The molecule has 0 atom stereocenters. The van der Waals surface area contributed by atoms with Crippen LogP contribution in [0.5, 0.6) is 5.75 Å². The number of ether oxygens (including phenoxy) is 1. The zero-order valence-corrected chi connectivity index (χ0v) is 13.0. The van der Waals surface area contributed by atoms with Crippen LogP contribution in [0, 0.1) is 13.8 Å². The van der Waals surface area contributed by atoms with E-state index in [0.29, 0.717) is 18.8 Å². The van der Waals surface area contributed by atoms with Crippen LogP contribution in [0.3, 0.4) is 0 Å². The standard InChI is InChI=1S/C16H22N2O3/c1-11-5-6-13(12(2)9-11)21-10-14(19)18-8-7-17-15(20)16(18,3)4/h5-6,9H,7-8,10H2,1-4H3,(H,17,20). The first-order valence-corrected chi connectivity index (χ1v) is 7.11. The smallest absolute Gasteiger partial charge is 0.261 e. The molecule has 1 heterocycles. The summed E-state index contributed by atoms with van der Waals surface area (Å²) in [5.41, 5.74) is 1.32. The molecule has 1 saturated heterocycles. The number of hydrogen-bond donors (Lipinski definition) is 1. The van der Waals surface area contributed by atoms with Crippen LogP contribution in [0.15, 0.2) is 18.2 Å². The molecule has 1 aromatic carbocycles. The molecule has 0 bridgehead atoms. The Morgan fingerprint density at radius 2 is 2.10 bits per heavy atom. The third-order valence-electron chi connectivity index (χ3n) is 3.83. The lowest BCUT2D eigenvalue weighted by atomic mass is 9.99. The predicted molar refractivity (Wildman–Crippen MR) is 80.2 cm³/mol. The van der Waals surface area contributed by atoms with E-state index < -0.39 is 5.54 Å². The van der Waals surface area contributed by atoms with Gasteiger partial charge < -0.3 is 15.0 Å². The lowest BCUT2D eigenvalue weighted by Gasteiger charge is -2.41. The molecule has 1 aromatic rings. The summed E-state index contributed by atoms with van der Waals surface area (Å²) in [7, 11) is 0. The van der Waals surface area contributed by atoms with E-state index in [1.165, 1.54) is 0 Å². The molecular weight excluding hydrogens is 268 g/mol. The van der Waals surface area contributed by atoms with E-state index in [1.807, 2.05) is 32.0 Å². The fourth-order valence-corrected chi connectivity index (χ4v) is 2.51. The first-order valence-electron chi connectivity index (χ1n) is 7.11. The summed E-state index contributed by atoms with van der Waals surface area (Å²) in [4.78, 5) is 25.8. The maximum Gasteiger partial charge on any atom is 0.261 e.